The van der Waals surface area contributed by atoms with Crippen LogP contribution in [-0.2, 0) is 16.0 Å². The highest BCUT2D eigenvalue weighted by Crippen LogP contribution is 2.18. The van der Waals surface area contributed by atoms with Crippen LogP contribution < -0.4 is 10.6 Å². The Morgan fingerprint density at radius 1 is 1.40 bits per heavy atom. The summed E-state index contributed by atoms with van der Waals surface area (Å²) < 4.78 is 5.28. The van der Waals surface area contributed by atoms with Crippen molar-refractivity contribution < 1.29 is 9.53 Å². The number of hydrogen-bond acceptors (Lipinski definition) is 3. The van der Waals surface area contributed by atoms with E-state index in [-0.39, 0.29) is 11.4 Å². The maximum absolute atomic E-state index is 12.0. The standard InChI is InChI=1S/C16H24N2O2/c1-13-4-6-14(7-5-13)10-15(19)17-11-16(12-20-2)8-3-9-18-16/h4-7,18H,3,8-12H2,1-2H3,(H,17,19). The lowest BCUT2D eigenvalue weighted by Gasteiger charge is -2.29. The minimum Gasteiger partial charge on any atom is -0.383 e. The molecule has 20 heavy (non-hydrogen) atoms. The SMILES string of the molecule is COCC1(CNC(=O)Cc2ccc(C)cc2)CCCN1. The normalized spacial score (nSPS) is 21.9. The molecule has 1 aliphatic rings. The topological polar surface area (TPSA) is 50.4 Å². The van der Waals surface area contributed by atoms with Gasteiger partial charge in [-0.2, -0.15) is 0 Å². The first-order chi connectivity index (χ1) is 9.63. The van der Waals surface area contributed by atoms with E-state index in [1.165, 1.54) is 5.56 Å². The van der Waals surface area contributed by atoms with E-state index in [1.54, 1.807) is 7.11 Å². The smallest absolute Gasteiger partial charge is 0.224 e. The number of aryl methyl sites for hydroxylation is 1. The van der Waals surface area contributed by atoms with Gasteiger partial charge in [0.25, 0.3) is 0 Å². The van der Waals surface area contributed by atoms with Gasteiger partial charge in [-0.3, -0.25) is 4.79 Å². The van der Waals surface area contributed by atoms with Crippen LogP contribution in [0.25, 0.3) is 0 Å². The number of amides is 1. The Morgan fingerprint density at radius 3 is 2.75 bits per heavy atom. The Bertz CT molecular complexity index is 436. The third-order valence-electron chi connectivity index (χ3n) is 3.86. The zero-order valence-electron chi connectivity index (χ0n) is 12.4. The molecule has 0 radical (unpaired) electrons. The van der Waals surface area contributed by atoms with Gasteiger partial charge in [0.2, 0.25) is 5.91 Å². The fourth-order valence-electron chi connectivity index (χ4n) is 2.69. The summed E-state index contributed by atoms with van der Waals surface area (Å²) in [6.45, 7) is 4.31. The number of ether oxygens (including phenoxy) is 1. The summed E-state index contributed by atoms with van der Waals surface area (Å²) in [5.74, 6) is 0.0676. The fraction of sp³-hybridized carbons (Fsp3) is 0.562. The molecule has 1 aromatic carbocycles. The first kappa shape index (κ1) is 15.0. The van der Waals surface area contributed by atoms with Gasteiger partial charge in [-0.15, -0.1) is 0 Å². The van der Waals surface area contributed by atoms with E-state index in [0.29, 0.717) is 19.6 Å². The first-order valence-electron chi connectivity index (χ1n) is 7.20. The van der Waals surface area contributed by atoms with Gasteiger partial charge in [0.05, 0.1) is 18.6 Å². The molecule has 1 atom stereocenters. The molecule has 0 saturated carbocycles. The predicted octanol–water partition coefficient (Wildman–Crippen LogP) is 1.42. The molecule has 0 aliphatic carbocycles. The van der Waals surface area contributed by atoms with Crippen molar-refractivity contribution in [2.45, 2.75) is 31.7 Å². The number of nitrogens with one attached hydrogen (secondary N) is 2. The molecule has 4 nitrogen and oxygen atoms in total. The van der Waals surface area contributed by atoms with E-state index in [9.17, 15) is 4.79 Å². The number of carbonyl (C=O) groups is 1. The van der Waals surface area contributed by atoms with Gasteiger partial charge in [-0.1, -0.05) is 29.8 Å². The number of hydrogen-bond donors (Lipinski definition) is 2. The van der Waals surface area contributed by atoms with Gasteiger partial charge in [-0.25, -0.2) is 0 Å². The zero-order chi connectivity index (χ0) is 14.4. The third kappa shape index (κ3) is 4.05. The zero-order valence-corrected chi connectivity index (χ0v) is 12.4. The van der Waals surface area contributed by atoms with Crippen LogP contribution in [0.5, 0.6) is 0 Å². The van der Waals surface area contributed by atoms with Gasteiger partial charge < -0.3 is 15.4 Å². The molecular weight excluding hydrogens is 252 g/mol. The van der Waals surface area contributed by atoms with Crippen LogP contribution in [-0.4, -0.2) is 38.3 Å². The lowest BCUT2D eigenvalue weighted by Crippen LogP contribution is -2.53. The third-order valence-corrected chi connectivity index (χ3v) is 3.86. The number of rotatable bonds is 6. The van der Waals surface area contributed by atoms with Crippen molar-refractivity contribution in [2.24, 2.45) is 0 Å². The van der Waals surface area contributed by atoms with Crippen LogP contribution in [0.15, 0.2) is 24.3 Å². The quantitative estimate of drug-likeness (QED) is 0.826. The summed E-state index contributed by atoms with van der Waals surface area (Å²) in [6.07, 6.45) is 2.62. The highest BCUT2D eigenvalue weighted by molar-refractivity contribution is 5.78. The second-order valence-corrected chi connectivity index (χ2v) is 5.68. The van der Waals surface area contributed by atoms with Gasteiger partial charge in [-0.05, 0) is 31.9 Å². The molecule has 1 aromatic rings. The van der Waals surface area contributed by atoms with E-state index in [0.717, 1.165) is 24.9 Å². The van der Waals surface area contributed by atoms with Crippen LogP contribution in [0.1, 0.15) is 24.0 Å². The van der Waals surface area contributed by atoms with E-state index >= 15 is 0 Å². The van der Waals surface area contributed by atoms with Gasteiger partial charge in [0, 0.05) is 13.7 Å². The molecule has 110 valence electrons. The van der Waals surface area contributed by atoms with Crippen LogP contribution in [0, 0.1) is 6.92 Å². The van der Waals surface area contributed by atoms with Crippen LogP contribution in [0.2, 0.25) is 0 Å². The molecule has 1 fully saturated rings. The number of benzene rings is 1. The first-order valence-corrected chi connectivity index (χ1v) is 7.20. The Kier molecular flexibility index (Phi) is 5.15. The number of carbonyl (C=O) groups excluding carboxylic acids is 1. The molecule has 2 N–H and O–H groups in total. The Balaban J connectivity index is 1.83. The molecule has 1 amide bonds. The van der Waals surface area contributed by atoms with Gasteiger partial charge in [0.1, 0.15) is 0 Å². The minimum atomic E-state index is -0.0856. The lowest BCUT2D eigenvalue weighted by atomic mass is 9.98. The van der Waals surface area contributed by atoms with Crippen molar-refractivity contribution in [2.75, 3.05) is 26.8 Å². The highest BCUT2D eigenvalue weighted by atomic mass is 16.5. The molecule has 0 spiro atoms. The summed E-state index contributed by atoms with van der Waals surface area (Å²) in [4.78, 5) is 12.0. The molecule has 1 aliphatic heterocycles. The summed E-state index contributed by atoms with van der Waals surface area (Å²) in [5, 5.41) is 6.49. The van der Waals surface area contributed by atoms with Crippen LogP contribution in [0.3, 0.4) is 0 Å². The van der Waals surface area contributed by atoms with E-state index in [1.807, 2.05) is 31.2 Å². The molecule has 1 unspecified atom stereocenters. The van der Waals surface area contributed by atoms with Crippen molar-refractivity contribution in [3.8, 4) is 0 Å². The summed E-state index contributed by atoms with van der Waals surface area (Å²) >= 11 is 0. The van der Waals surface area contributed by atoms with E-state index in [2.05, 4.69) is 10.6 Å². The maximum Gasteiger partial charge on any atom is 0.224 e. The monoisotopic (exact) mass is 276 g/mol. The van der Waals surface area contributed by atoms with Crippen molar-refractivity contribution in [3.63, 3.8) is 0 Å². The molecular formula is C16H24N2O2. The second kappa shape index (κ2) is 6.86. The van der Waals surface area contributed by atoms with Crippen molar-refractivity contribution in [3.05, 3.63) is 35.4 Å². The lowest BCUT2D eigenvalue weighted by molar-refractivity contribution is -0.120. The fourth-order valence-corrected chi connectivity index (χ4v) is 2.69. The largest absolute Gasteiger partial charge is 0.383 e. The molecule has 4 heteroatoms. The molecule has 1 heterocycles. The molecule has 0 bridgehead atoms. The second-order valence-electron chi connectivity index (χ2n) is 5.68. The average Bonchev–Trinajstić information content (AvgIpc) is 2.89. The number of methoxy groups -OCH3 is 1. The van der Waals surface area contributed by atoms with Gasteiger partial charge in [0.15, 0.2) is 0 Å². The van der Waals surface area contributed by atoms with Crippen molar-refractivity contribution >= 4 is 5.91 Å². The molecule has 0 aromatic heterocycles. The predicted molar refractivity (Wildman–Crippen MR) is 79.7 cm³/mol. The van der Waals surface area contributed by atoms with Gasteiger partial charge >= 0.3 is 0 Å². The van der Waals surface area contributed by atoms with E-state index in [4.69, 9.17) is 4.74 Å². The molecule has 2 rings (SSSR count). The van der Waals surface area contributed by atoms with Crippen molar-refractivity contribution in [1.82, 2.24) is 10.6 Å². The van der Waals surface area contributed by atoms with Crippen molar-refractivity contribution in [1.29, 1.82) is 0 Å². The van der Waals surface area contributed by atoms with Crippen LogP contribution >= 0.6 is 0 Å². The maximum atomic E-state index is 12.0. The molecule has 1 saturated heterocycles. The average molecular weight is 276 g/mol. The Morgan fingerprint density at radius 2 is 2.15 bits per heavy atom. The Labute approximate surface area is 120 Å². The highest BCUT2D eigenvalue weighted by Gasteiger charge is 2.33. The van der Waals surface area contributed by atoms with E-state index < -0.39 is 0 Å². The minimum absolute atomic E-state index is 0.0676. The summed E-state index contributed by atoms with van der Waals surface area (Å²) in [6, 6.07) is 8.09. The van der Waals surface area contributed by atoms with Crippen LogP contribution in [0.4, 0.5) is 0 Å². The summed E-state index contributed by atoms with van der Waals surface area (Å²) in [7, 11) is 1.70. The summed E-state index contributed by atoms with van der Waals surface area (Å²) in [5.41, 5.74) is 2.18. The Hall–Kier alpha value is -1.39.